The molecular weight excluding hydrogens is 370 g/mol. The molecule has 4 heterocycles. The third kappa shape index (κ3) is 3.76. The summed E-state index contributed by atoms with van der Waals surface area (Å²) in [5.41, 5.74) is 3.10. The van der Waals surface area contributed by atoms with Crippen molar-refractivity contribution in [2.24, 2.45) is 0 Å². The summed E-state index contributed by atoms with van der Waals surface area (Å²) < 4.78 is 2.21. The van der Waals surface area contributed by atoms with Crippen LogP contribution in [0.15, 0.2) is 67.1 Å². The van der Waals surface area contributed by atoms with Gasteiger partial charge in [-0.1, -0.05) is 12.1 Å². The van der Waals surface area contributed by atoms with Gasteiger partial charge in [0.15, 0.2) is 5.11 Å². The maximum absolute atomic E-state index is 9.35. The van der Waals surface area contributed by atoms with Crippen molar-refractivity contribution < 1.29 is 5.11 Å². The molecule has 0 amide bonds. The lowest BCUT2D eigenvalue weighted by atomic mass is 10.0. The van der Waals surface area contributed by atoms with Crippen molar-refractivity contribution in [3.63, 3.8) is 0 Å². The first-order valence-corrected chi connectivity index (χ1v) is 9.82. The van der Waals surface area contributed by atoms with E-state index in [2.05, 4.69) is 43.1 Å². The minimum Gasteiger partial charge on any atom is -0.396 e. The highest BCUT2D eigenvalue weighted by molar-refractivity contribution is 7.80. The highest BCUT2D eigenvalue weighted by Crippen LogP contribution is 2.38. The number of hydrogen-bond acceptors (Lipinski definition) is 4. The molecule has 0 saturated carbocycles. The Hall–Kier alpha value is -2.77. The van der Waals surface area contributed by atoms with Gasteiger partial charge in [0.05, 0.1) is 30.0 Å². The van der Waals surface area contributed by atoms with Gasteiger partial charge in [-0.3, -0.25) is 9.97 Å². The molecule has 3 aromatic rings. The van der Waals surface area contributed by atoms with Crippen molar-refractivity contribution in [1.29, 1.82) is 0 Å². The lowest BCUT2D eigenvalue weighted by Crippen LogP contribution is -2.32. The Morgan fingerprint density at radius 1 is 1.04 bits per heavy atom. The zero-order valence-corrected chi connectivity index (χ0v) is 16.3. The molecule has 0 bridgehead atoms. The third-order valence-electron chi connectivity index (χ3n) is 4.98. The van der Waals surface area contributed by atoms with Gasteiger partial charge in [-0.15, -0.1) is 0 Å². The van der Waals surface area contributed by atoms with Gasteiger partial charge in [0.2, 0.25) is 0 Å². The molecule has 1 aliphatic heterocycles. The van der Waals surface area contributed by atoms with E-state index in [0.29, 0.717) is 24.6 Å². The number of aliphatic hydroxyl groups is 1. The predicted octanol–water partition coefficient (Wildman–Crippen LogP) is 2.68. The quantitative estimate of drug-likeness (QED) is 0.602. The molecule has 0 unspecified atom stereocenters. The van der Waals surface area contributed by atoms with Crippen LogP contribution in [0.3, 0.4) is 0 Å². The molecule has 1 fully saturated rings. The zero-order valence-electron chi connectivity index (χ0n) is 15.5. The fourth-order valence-corrected chi connectivity index (χ4v) is 4.05. The summed E-state index contributed by atoms with van der Waals surface area (Å²) in [5.74, 6) is 0. The molecule has 6 nitrogen and oxygen atoms in total. The van der Waals surface area contributed by atoms with E-state index in [1.54, 1.807) is 6.20 Å². The van der Waals surface area contributed by atoms with Gasteiger partial charge >= 0.3 is 0 Å². The van der Waals surface area contributed by atoms with Crippen molar-refractivity contribution >= 4 is 17.3 Å². The molecule has 1 aliphatic rings. The summed E-state index contributed by atoms with van der Waals surface area (Å²) >= 11 is 5.64. The smallest absolute Gasteiger partial charge is 0.170 e. The van der Waals surface area contributed by atoms with Crippen molar-refractivity contribution in [3.05, 3.63) is 84.2 Å². The first kappa shape index (κ1) is 18.6. The number of pyridine rings is 2. The van der Waals surface area contributed by atoms with Crippen molar-refractivity contribution in [1.82, 2.24) is 24.8 Å². The Morgan fingerprint density at radius 3 is 2.57 bits per heavy atom. The summed E-state index contributed by atoms with van der Waals surface area (Å²) in [4.78, 5) is 11.2. The van der Waals surface area contributed by atoms with Gasteiger partial charge in [0.25, 0.3) is 0 Å². The maximum Gasteiger partial charge on any atom is 0.170 e. The van der Waals surface area contributed by atoms with E-state index in [-0.39, 0.29) is 18.7 Å². The van der Waals surface area contributed by atoms with E-state index < -0.39 is 0 Å². The second kappa shape index (κ2) is 8.50. The number of nitrogens with one attached hydrogen (secondary N) is 1. The molecule has 2 N–H and O–H groups in total. The van der Waals surface area contributed by atoms with Crippen LogP contribution in [0.2, 0.25) is 0 Å². The number of thiocarbonyl (C=S) groups is 1. The highest BCUT2D eigenvalue weighted by atomic mass is 32.1. The van der Waals surface area contributed by atoms with Crippen LogP contribution in [0.25, 0.3) is 0 Å². The lowest BCUT2D eigenvalue weighted by Gasteiger charge is -2.28. The Morgan fingerprint density at radius 2 is 1.86 bits per heavy atom. The monoisotopic (exact) mass is 393 g/mol. The molecule has 0 radical (unpaired) electrons. The lowest BCUT2D eigenvalue weighted by molar-refractivity contribution is 0.243. The summed E-state index contributed by atoms with van der Waals surface area (Å²) in [6, 6.07) is 16.0. The van der Waals surface area contributed by atoms with Crippen LogP contribution >= 0.6 is 12.2 Å². The van der Waals surface area contributed by atoms with Gasteiger partial charge in [0.1, 0.15) is 0 Å². The molecule has 1 saturated heterocycles. The van der Waals surface area contributed by atoms with Gasteiger partial charge < -0.3 is 19.9 Å². The van der Waals surface area contributed by atoms with E-state index in [1.807, 2.05) is 42.6 Å². The zero-order chi connectivity index (χ0) is 19.3. The van der Waals surface area contributed by atoms with Crippen LogP contribution in [-0.4, -0.2) is 42.8 Å². The minimum atomic E-state index is -0.0511. The molecule has 4 rings (SSSR count). The summed E-state index contributed by atoms with van der Waals surface area (Å²) in [7, 11) is 0. The average molecular weight is 394 g/mol. The number of aromatic nitrogens is 3. The summed E-state index contributed by atoms with van der Waals surface area (Å²) in [5, 5.41) is 13.5. The molecule has 7 heteroatoms. The SMILES string of the molecule is OCCCN1C(=S)N[C@H](c2ccccn2)[C@H]1c1cccn1Cc1ccccn1. The second-order valence-electron chi connectivity index (χ2n) is 6.78. The molecule has 0 spiro atoms. The van der Waals surface area contributed by atoms with E-state index in [0.717, 1.165) is 17.1 Å². The fourth-order valence-electron chi connectivity index (χ4n) is 3.71. The number of hydrogen-bond donors (Lipinski definition) is 2. The molecule has 3 aromatic heterocycles. The van der Waals surface area contributed by atoms with Crippen LogP contribution in [0.4, 0.5) is 0 Å². The first-order valence-electron chi connectivity index (χ1n) is 9.42. The minimum absolute atomic E-state index is 0.00679. The van der Waals surface area contributed by atoms with E-state index in [9.17, 15) is 5.11 Å². The van der Waals surface area contributed by atoms with Crippen LogP contribution < -0.4 is 5.32 Å². The van der Waals surface area contributed by atoms with Crippen LogP contribution in [0.5, 0.6) is 0 Å². The number of nitrogens with zero attached hydrogens (tertiary/aromatic N) is 4. The average Bonchev–Trinajstić information content (AvgIpc) is 3.31. The third-order valence-corrected chi connectivity index (χ3v) is 5.33. The Bertz CT molecular complexity index is 915. The number of rotatable bonds is 7. The Balaban J connectivity index is 1.70. The van der Waals surface area contributed by atoms with Gasteiger partial charge in [-0.05, 0) is 55.0 Å². The molecular formula is C21H23N5OS. The molecule has 2 atom stereocenters. The van der Waals surface area contributed by atoms with Crippen LogP contribution in [0.1, 0.15) is 35.6 Å². The topological polar surface area (TPSA) is 66.2 Å². The largest absolute Gasteiger partial charge is 0.396 e. The van der Waals surface area contributed by atoms with E-state index in [4.69, 9.17) is 12.2 Å². The molecule has 28 heavy (non-hydrogen) atoms. The standard InChI is InChI=1S/C21H23N5OS/c27-14-6-13-26-20(19(24-21(26)28)17-8-2-4-11-23-17)18-9-5-12-25(18)15-16-7-1-3-10-22-16/h1-5,7-12,19-20,27H,6,13-15H2,(H,24,28)/t19-,20-/m1/s1. The van der Waals surface area contributed by atoms with Gasteiger partial charge in [-0.2, -0.15) is 0 Å². The van der Waals surface area contributed by atoms with Crippen molar-refractivity contribution in [2.45, 2.75) is 25.0 Å². The first-order chi connectivity index (χ1) is 13.8. The predicted molar refractivity (Wildman–Crippen MR) is 112 cm³/mol. The van der Waals surface area contributed by atoms with Crippen LogP contribution in [-0.2, 0) is 6.54 Å². The second-order valence-corrected chi connectivity index (χ2v) is 7.17. The normalized spacial score (nSPS) is 19.0. The summed E-state index contributed by atoms with van der Waals surface area (Å²) in [6.07, 6.45) is 6.36. The fraction of sp³-hybridized carbons (Fsp3) is 0.286. The highest BCUT2D eigenvalue weighted by Gasteiger charge is 2.40. The van der Waals surface area contributed by atoms with Crippen molar-refractivity contribution in [2.75, 3.05) is 13.2 Å². The van der Waals surface area contributed by atoms with Gasteiger partial charge in [0, 0.05) is 37.4 Å². The van der Waals surface area contributed by atoms with Crippen molar-refractivity contribution in [3.8, 4) is 0 Å². The van der Waals surface area contributed by atoms with E-state index >= 15 is 0 Å². The maximum atomic E-state index is 9.35. The summed E-state index contributed by atoms with van der Waals surface area (Å²) in [6.45, 7) is 1.51. The molecule has 0 aromatic carbocycles. The van der Waals surface area contributed by atoms with E-state index in [1.165, 1.54) is 0 Å². The number of aliphatic hydroxyl groups excluding tert-OH is 1. The molecule has 144 valence electrons. The Labute approximate surface area is 169 Å². The molecule has 0 aliphatic carbocycles. The van der Waals surface area contributed by atoms with Crippen LogP contribution in [0, 0.1) is 0 Å². The Kier molecular flexibility index (Phi) is 5.64. The van der Waals surface area contributed by atoms with Gasteiger partial charge in [-0.25, -0.2) is 0 Å².